The van der Waals surface area contributed by atoms with Gasteiger partial charge in [0.25, 0.3) is 0 Å². The van der Waals surface area contributed by atoms with E-state index >= 15 is 0 Å². The Balaban J connectivity index is 2.27. The van der Waals surface area contributed by atoms with Crippen molar-refractivity contribution in [3.8, 4) is 0 Å². The first-order chi connectivity index (χ1) is 8.41. The minimum Gasteiger partial charge on any atom is -0.478 e. The summed E-state index contributed by atoms with van der Waals surface area (Å²) in [5, 5.41) is 8.76. The fourth-order valence-electron chi connectivity index (χ4n) is 2.03. The molecular formula is C12H15NO4S. The molecule has 1 atom stereocenters. The Kier molecular flexibility index (Phi) is 3.41. The van der Waals surface area contributed by atoms with E-state index in [0.29, 0.717) is 19.0 Å². The van der Waals surface area contributed by atoms with Crippen molar-refractivity contribution in [1.82, 2.24) is 4.31 Å². The standard InChI is InChI=1S/C12H15NO4S/c1-9-6-7-13(8-9)18(16,17)11-4-2-10(3-5-11)12(14)15/h2-5,9H,6-8H2,1H3,(H,14,15). The predicted octanol–water partition coefficient (Wildman–Crippen LogP) is 1.42. The number of carboxylic acid groups (broad SMARTS) is 1. The van der Waals surface area contributed by atoms with Crippen molar-refractivity contribution in [3.63, 3.8) is 0 Å². The van der Waals surface area contributed by atoms with Crippen LogP contribution in [0.5, 0.6) is 0 Å². The lowest BCUT2D eigenvalue weighted by atomic mass is 10.2. The van der Waals surface area contributed by atoms with Gasteiger partial charge >= 0.3 is 5.97 Å². The minimum atomic E-state index is -3.47. The summed E-state index contributed by atoms with van der Waals surface area (Å²) in [6, 6.07) is 5.33. The first kappa shape index (κ1) is 13.0. The van der Waals surface area contributed by atoms with Gasteiger partial charge in [-0.2, -0.15) is 4.31 Å². The lowest BCUT2D eigenvalue weighted by molar-refractivity contribution is 0.0696. The van der Waals surface area contributed by atoms with Gasteiger partial charge < -0.3 is 5.11 Å². The van der Waals surface area contributed by atoms with Crippen LogP contribution in [-0.4, -0.2) is 36.9 Å². The van der Waals surface area contributed by atoms with Crippen LogP contribution in [0.3, 0.4) is 0 Å². The summed E-state index contributed by atoms with van der Waals surface area (Å²) in [6.07, 6.45) is 0.867. The molecule has 1 aliphatic rings. The normalized spacial score (nSPS) is 21.1. The third-order valence-corrected chi connectivity index (χ3v) is 5.01. The van der Waals surface area contributed by atoms with E-state index in [-0.39, 0.29) is 10.5 Å². The Morgan fingerprint density at radius 2 is 1.94 bits per heavy atom. The first-order valence-corrected chi connectivity index (χ1v) is 7.19. The number of rotatable bonds is 3. The van der Waals surface area contributed by atoms with Crippen molar-refractivity contribution < 1.29 is 18.3 Å². The van der Waals surface area contributed by atoms with Crippen molar-refractivity contribution in [3.05, 3.63) is 29.8 Å². The van der Waals surface area contributed by atoms with Gasteiger partial charge in [-0.1, -0.05) is 6.92 Å². The third-order valence-electron chi connectivity index (χ3n) is 3.13. The first-order valence-electron chi connectivity index (χ1n) is 5.75. The number of nitrogens with zero attached hydrogens (tertiary/aromatic N) is 1. The van der Waals surface area contributed by atoms with E-state index in [0.717, 1.165) is 6.42 Å². The van der Waals surface area contributed by atoms with Crippen molar-refractivity contribution in [2.24, 2.45) is 5.92 Å². The Morgan fingerprint density at radius 1 is 1.33 bits per heavy atom. The van der Waals surface area contributed by atoms with Gasteiger partial charge in [-0.05, 0) is 36.6 Å². The largest absolute Gasteiger partial charge is 0.478 e. The van der Waals surface area contributed by atoms with Gasteiger partial charge in [-0.15, -0.1) is 0 Å². The van der Waals surface area contributed by atoms with Crippen molar-refractivity contribution >= 4 is 16.0 Å². The molecule has 98 valence electrons. The van der Waals surface area contributed by atoms with E-state index in [9.17, 15) is 13.2 Å². The van der Waals surface area contributed by atoms with Crippen molar-refractivity contribution in [1.29, 1.82) is 0 Å². The molecule has 0 bridgehead atoms. The van der Waals surface area contributed by atoms with Crippen LogP contribution in [0.2, 0.25) is 0 Å². The highest BCUT2D eigenvalue weighted by Gasteiger charge is 2.30. The fourth-order valence-corrected chi connectivity index (χ4v) is 3.61. The van der Waals surface area contributed by atoms with Crippen LogP contribution >= 0.6 is 0 Å². The van der Waals surface area contributed by atoms with Crippen LogP contribution in [0, 0.1) is 5.92 Å². The van der Waals surface area contributed by atoms with Crippen LogP contribution < -0.4 is 0 Å². The van der Waals surface area contributed by atoms with Crippen molar-refractivity contribution in [2.45, 2.75) is 18.2 Å². The molecule has 0 aliphatic carbocycles. The fraction of sp³-hybridized carbons (Fsp3) is 0.417. The average Bonchev–Trinajstić information content (AvgIpc) is 2.76. The molecule has 0 aromatic heterocycles. The minimum absolute atomic E-state index is 0.0868. The highest BCUT2D eigenvalue weighted by molar-refractivity contribution is 7.89. The summed E-state index contributed by atoms with van der Waals surface area (Å²) in [5.74, 6) is -0.688. The maximum atomic E-state index is 12.2. The molecule has 0 spiro atoms. The Morgan fingerprint density at radius 3 is 2.39 bits per heavy atom. The van der Waals surface area contributed by atoms with E-state index in [4.69, 9.17) is 5.11 Å². The zero-order chi connectivity index (χ0) is 13.3. The van der Waals surface area contributed by atoms with Gasteiger partial charge in [0.1, 0.15) is 0 Å². The molecule has 1 aromatic rings. The third kappa shape index (κ3) is 2.39. The molecule has 1 aromatic carbocycles. The Bertz CT molecular complexity index is 550. The molecule has 5 nitrogen and oxygen atoms in total. The summed E-state index contributed by atoms with van der Waals surface area (Å²) >= 11 is 0. The number of hydrogen-bond donors (Lipinski definition) is 1. The van der Waals surface area contributed by atoms with Crippen LogP contribution in [0.4, 0.5) is 0 Å². The van der Waals surface area contributed by atoms with Crippen LogP contribution in [-0.2, 0) is 10.0 Å². The van der Waals surface area contributed by atoms with Gasteiger partial charge in [0.15, 0.2) is 0 Å². The Hall–Kier alpha value is -1.40. The molecule has 1 heterocycles. The van der Waals surface area contributed by atoms with E-state index in [1.165, 1.54) is 28.6 Å². The summed E-state index contributed by atoms with van der Waals surface area (Å²) < 4.78 is 25.9. The lowest BCUT2D eigenvalue weighted by Gasteiger charge is -2.15. The molecule has 0 amide bonds. The lowest BCUT2D eigenvalue weighted by Crippen LogP contribution is -2.28. The molecule has 0 radical (unpaired) electrons. The van der Waals surface area contributed by atoms with Gasteiger partial charge in [0, 0.05) is 13.1 Å². The van der Waals surface area contributed by atoms with E-state index < -0.39 is 16.0 Å². The van der Waals surface area contributed by atoms with Crippen LogP contribution in [0.1, 0.15) is 23.7 Å². The second-order valence-electron chi connectivity index (χ2n) is 4.59. The van der Waals surface area contributed by atoms with Gasteiger partial charge in [0.05, 0.1) is 10.5 Å². The molecule has 18 heavy (non-hydrogen) atoms. The molecule has 6 heteroatoms. The second kappa shape index (κ2) is 4.70. The Labute approximate surface area is 106 Å². The number of carboxylic acids is 1. The highest BCUT2D eigenvalue weighted by Crippen LogP contribution is 2.24. The molecule has 1 aliphatic heterocycles. The van der Waals surface area contributed by atoms with Gasteiger partial charge in [-0.25, -0.2) is 13.2 Å². The predicted molar refractivity (Wildman–Crippen MR) is 65.9 cm³/mol. The SMILES string of the molecule is CC1CCN(S(=O)(=O)c2ccc(C(=O)O)cc2)C1. The highest BCUT2D eigenvalue weighted by atomic mass is 32.2. The van der Waals surface area contributed by atoms with E-state index in [2.05, 4.69) is 0 Å². The van der Waals surface area contributed by atoms with Crippen LogP contribution in [0.15, 0.2) is 29.2 Å². The summed E-state index contributed by atoms with van der Waals surface area (Å²) in [5.41, 5.74) is 0.0868. The summed E-state index contributed by atoms with van der Waals surface area (Å²) in [4.78, 5) is 10.9. The maximum absolute atomic E-state index is 12.2. The molecule has 1 N–H and O–H groups in total. The number of sulfonamides is 1. The maximum Gasteiger partial charge on any atom is 0.335 e. The molecule has 0 saturated carbocycles. The molecule has 2 rings (SSSR count). The number of hydrogen-bond acceptors (Lipinski definition) is 3. The molecular weight excluding hydrogens is 254 g/mol. The van der Waals surface area contributed by atoms with E-state index in [1.54, 1.807) is 0 Å². The zero-order valence-corrected chi connectivity index (χ0v) is 10.9. The van der Waals surface area contributed by atoms with Gasteiger partial charge in [-0.3, -0.25) is 0 Å². The smallest absolute Gasteiger partial charge is 0.335 e. The molecule has 1 saturated heterocycles. The monoisotopic (exact) mass is 269 g/mol. The molecule has 1 fully saturated rings. The van der Waals surface area contributed by atoms with Crippen LogP contribution in [0.25, 0.3) is 0 Å². The zero-order valence-electron chi connectivity index (χ0n) is 10.0. The quantitative estimate of drug-likeness (QED) is 0.900. The number of benzene rings is 1. The molecule has 1 unspecified atom stereocenters. The number of aromatic carboxylic acids is 1. The topological polar surface area (TPSA) is 74.7 Å². The van der Waals surface area contributed by atoms with E-state index in [1.807, 2.05) is 6.92 Å². The average molecular weight is 269 g/mol. The van der Waals surface area contributed by atoms with Crippen molar-refractivity contribution in [2.75, 3.05) is 13.1 Å². The second-order valence-corrected chi connectivity index (χ2v) is 6.52. The van der Waals surface area contributed by atoms with Gasteiger partial charge in [0.2, 0.25) is 10.0 Å². The summed E-state index contributed by atoms with van der Waals surface area (Å²) in [6.45, 7) is 3.08. The number of carbonyl (C=O) groups is 1. The summed E-state index contributed by atoms with van der Waals surface area (Å²) in [7, 11) is -3.47.